The van der Waals surface area contributed by atoms with Crippen LogP contribution in [0.25, 0.3) is 10.2 Å². The summed E-state index contributed by atoms with van der Waals surface area (Å²) in [6.07, 6.45) is 1.54. The maximum atomic E-state index is 13.6. The van der Waals surface area contributed by atoms with E-state index in [0.717, 1.165) is 11.3 Å². The lowest BCUT2D eigenvalue weighted by atomic mass is 10.3. The second kappa shape index (κ2) is 7.83. The molecular formula is C18H19FN4O3S. The number of esters is 1. The molecule has 1 aromatic carbocycles. The molecule has 3 aromatic rings. The number of hydrogen-bond donors (Lipinski definition) is 0. The molecule has 142 valence electrons. The van der Waals surface area contributed by atoms with Crippen molar-refractivity contribution in [1.82, 2.24) is 14.3 Å². The molecule has 0 unspecified atom stereocenters. The standard InChI is InChI=1S/C18H19FN4O3S/c1-4-26-16(24)10-22-13-6-5-12(19)9-15(13)27-18(22)21-17(25)14-7-8-20-23(14)11(2)3/h5-9,11H,4,10H2,1-3H3. The number of carbonyl (C=O) groups excluding carboxylic acids is 2. The summed E-state index contributed by atoms with van der Waals surface area (Å²) in [7, 11) is 0. The van der Waals surface area contributed by atoms with Crippen molar-refractivity contribution < 1.29 is 18.7 Å². The first-order valence-electron chi connectivity index (χ1n) is 8.47. The molecule has 0 fully saturated rings. The Balaban J connectivity index is 2.11. The van der Waals surface area contributed by atoms with Crippen molar-refractivity contribution in [3.8, 4) is 0 Å². The highest BCUT2D eigenvalue weighted by Crippen LogP contribution is 2.19. The summed E-state index contributed by atoms with van der Waals surface area (Å²) in [6, 6.07) is 5.80. The molecule has 27 heavy (non-hydrogen) atoms. The number of amides is 1. The highest BCUT2D eigenvalue weighted by Gasteiger charge is 2.16. The van der Waals surface area contributed by atoms with Gasteiger partial charge in [-0.05, 0) is 45.0 Å². The molecule has 0 aliphatic rings. The first kappa shape index (κ1) is 19.0. The highest BCUT2D eigenvalue weighted by molar-refractivity contribution is 7.16. The minimum Gasteiger partial charge on any atom is -0.465 e. The van der Waals surface area contributed by atoms with Gasteiger partial charge in [0.05, 0.1) is 16.8 Å². The van der Waals surface area contributed by atoms with Gasteiger partial charge in [-0.2, -0.15) is 10.1 Å². The zero-order chi connectivity index (χ0) is 19.6. The number of benzene rings is 1. The second-order valence-electron chi connectivity index (χ2n) is 6.06. The first-order chi connectivity index (χ1) is 12.9. The molecule has 0 N–H and O–H groups in total. The van der Waals surface area contributed by atoms with E-state index >= 15 is 0 Å². The number of fused-ring (bicyclic) bond motifs is 1. The number of halogens is 1. The molecule has 0 saturated heterocycles. The molecule has 0 radical (unpaired) electrons. The highest BCUT2D eigenvalue weighted by atomic mass is 32.1. The maximum Gasteiger partial charge on any atom is 0.326 e. The fourth-order valence-electron chi connectivity index (χ4n) is 2.66. The molecule has 1 amide bonds. The Hall–Kier alpha value is -2.81. The van der Waals surface area contributed by atoms with Crippen LogP contribution in [-0.2, 0) is 16.1 Å². The van der Waals surface area contributed by atoms with E-state index in [4.69, 9.17) is 4.74 Å². The summed E-state index contributed by atoms with van der Waals surface area (Å²) in [5.74, 6) is -1.34. The lowest BCUT2D eigenvalue weighted by Gasteiger charge is -2.08. The second-order valence-corrected chi connectivity index (χ2v) is 7.07. The van der Waals surface area contributed by atoms with Crippen LogP contribution in [0, 0.1) is 5.82 Å². The molecule has 2 aromatic heterocycles. The Kier molecular flexibility index (Phi) is 5.50. The van der Waals surface area contributed by atoms with Crippen molar-refractivity contribution >= 4 is 33.4 Å². The van der Waals surface area contributed by atoms with Crippen LogP contribution >= 0.6 is 11.3 Å². The number of carbonyl (C=O) groups is 2. The van der Waals surface area contributed by atoms with Gasteiger partial charge in [-0.3, -0.25) is 14.3 Å². The van der Waals surface area contributed by atoms with Crippen LogP contribution in [-0.4, -0.2) is 32.8 Å². The topological polar surface area (TPSA) is 78.5 Å². The molecular weight excluding hydrogens is 371 g/mol. The summed E-state index contributed by atoms with van der Waals surface area (Å²) < 4.78 is 22.3. The molecule has 7 nitrogen and oxygen atoms in total. The van der Waals surface area contributed by atoms with E-state index < -0.39 is 17.7 Å². The number of aromatic nitrogens is 3. The summed E-state index contributed by atoms with van der Waals surface area (Å²) in [6.45, 7) is 5.66. The van der Waals surface area contributed by atoms with Gasteiger partial charge >= 0.3 is 5.97 Å². The van der Waals surface area contributed by atoms with Crippen molar-refractivity contribution in [1.29, 1.82) is 0 Å². The molecule has 0 bridgehead atoms. The summed E-state index contributed by atoms with van der Waals surface area (Å²) >= 11 is 1.14. The fourth-order valence-corrected chi connectivity index (χ4v) is 3.71. The van der Waals surface area contributed by atoms with Gasteiger partial charge in [-0.15, -0.1) is 0 Å². The van der Waals surface area contributed by atoms with E-state index in [9.17, 15) is 14.0 Å². The normalized spacial score (nSPS) is 12.1. The van der Waals surface area contributed by atoms with Crippen LogP contribution in [0.4, 0.5) is 4.39 Å². The molecule has 0 spiro atoms. The SMILES string of the molecule is CCOC(=O)Cn1c(=NC(=O)c2ccnn2C(C)C)sc2cc(F)ccc21. The average Bonchev–Trinajstić information content (AvgIpc) is 3.20. The van der Waals surface area contributed by atoms with Crippen LogP contribution in [0.3, 0.4) is 0 Å². The average molecular weight is 390 g/mol. The van der Waals surface area contributed by atoms with E-state index in [2.05, 4.69) is 10.1 Å². The van der Waals surface area contributed by atoms with Crippen molar-refractivity contribution in [2.24, 2.45) is 4.99 Å². The van der Waals surface area contributed by atoms with Crippen molar-refractivity contribution in [3.63, 3.8) is 0 Å². The van der Waals surface area contributed by atoms with Crippen molar-refractivity contribution in [2.45, 2.75) is 33.4 Å². The maximum absolute atomic E-state index is 13.6. The minimum absolute atomic E-state index is 0.00249. The summed E-state index contributed by atoms with van der Waals surface area (Å²) in [5, 5.41) is 4.14. The van der Waals surface area contributed by atoms with Gasteiger partial charge in [0.25, 0.3) is 5.91 Å². The van der Waals surface area contributed by atoms with Crippen LogP contribution in [0.5, 0.6) is 0 Å². The molecule has 0 aliphatic carbocycles. The summed E-state index contributed by atoms with van der Waals surface area (Å²) in [5.41, 5.74) is 0.953. The van der Waals surface area contributed by atoms with E-state index in [1.165, 1.54) is 18.3 Å². The Morgan fingerprint density at radius 1 is 1.33 bits per heavy atom. The van der Waals surface area contributed by atoms with Crippen molar-refractivity contribution in [2.75, 3.05) is 6.61 Å². The van der Waals surface area contributed by atoms with E-state index in [0.29, 0.717) is 20.7 Å². The Morgan fingerprint density at radius 3 is 2.81 bits per heavy atom. The Bertz CT molecular complexity index is 1060. The monoisotopic (exact) mass is 390 g/mol. The smallest absolute Gasteiger partial charge is 0.326 e. The van der Waals surface area contributed by atoms with Crippen LogP contribution in [0.2, 0.25) is 0 Å². The van der Waals surface area contributed by atoms with Crippen molar-refractivity contribution in [3.05, 3.63) is 46.8 Å². The summed E-state index contributed by atoms with van der Waals surface area (Å²) in [4.78, 5) is 29.1. The fraction of sp³-hybridized carbons (Fsp3) is 0.333. The first-order valence-corrected chi connectivity index (χ1v) is 9.29. The van der Waals surface area contributed by atoms with E-state index in [1.54, 1.807) is 28.3 Å². The van der Waals surface area contributed by atoms with Gasteiger partial charge in [0.1, 0.15) is 18.1 Å². The van der Waals surface area contributed by atoms with E-state index in [-0.39, 0.29) is 19.2 Å². The molecule has 0 saturated carbocycles. The van der Waals surface area contributed by atoms with Crippen LogP contribution in [0.15, 0.2) is 35.5 Å². The van der Waals surface area contributed by atoms with Gasteiger partial charge in [0.2, 0.25) is 0 Å². The predicted molar refractivity (Wildman–Crippen MR) is 98.9 cm³/mol. The van der Waals surface area contributed by atoms with Gasteiger partial charge < -0.3 is 9.30 Å². The van der Waals surface area contributed by atoms with Crippen LogP contribution in [0.1, 0.15) is 37.3 Å². The largest absolute Gasteiger partial charge is 0.465 e. The molecule has 3 rings (SSSR count). The van der Waals surface area contributed by atoms with Crippen LogP contribution < -0.4 is 4.80 Å². The third-order valence-electron chi connectivity index (χ3n) is 3.81. The minimum atomic E-state index is -0.481. The molecule has 0 atom stereocenters. The lowest BCUT2D eigenvalue weighted by molar-refractivity contribution is -0.143. The number of ether oxygens (including phenoxy) is 1. The molecule has 9 heteroatoms. The number of nitrogens with zero attached hydrogens (tertiary/aromatic N) is 4. The Morgan fingerprint density at radius 2 is 2.11 bits per heavy atom. The zero-order valence-corrected chi connectivity index (χ0v) is 16.0. The number of thiazole rings is 1. The predicted octanol–water partition coefficient (Wildman–Crippen LogP) is 2.92. The number of rotatable bonds is 5. The zero-order valence-electron chi connectivity index (χ0n) is 15.2. The molecule has 2 heterocycles. The van der Waals surface area contributed by atoms with Gasteiger partial charge in [-0.1, -0.05) is 11.3 Å². The number of hydrogen-bond acceptors (Lipinski definition) is 5. The van der Waals surface area contributed by atoms with E-state index in [1.807, 2.05) is 13.8 Å². The third-order valence-corrected chi connectivity index (χ3v) is 4.85. The Labute approximate surface area is 158 Å². The molecule has 0 aliphatic heterocycles. The van der Waals surface area contributed by atoms with Gasteiger partial charge in [0, 0.05) is 12.2 Å². The quantitative estimate of drug-likeness (QED) is 0.628. The van der Waals surface area contributed by atoms with Gasteiger partial charge in [0.15, 0.2) is 4.80 Å². The lowest BCUT2D eigenvalue weighted by Crippen LogP contribution is -2.23. The third kappa shape index (κ3) is 3.97. The van der Waals surface area contributed by atoms with Gasteiger partial charge in [-0.25, -0.2) is 4.39 Å².